The molecule has 0 saturated carbocycles. The van der Waals surface area contributed by atoms with Gasteiger partial charge in [0.05, 0.1) is 7.11 Å². The molecular weight excluding hydrogens is 248 g/mol. The molecule has 94 valence electrons. The van der Waals surface area contributed by atoms with Gasteiger partial charge in [0.15, 0.2) is 5.69 Å². The molecule has 4 nitrogen and oxygen atoms in total. The molecule has 0 atom stereocenters. The summed E-state index contributed by atoms with van der Waals surface area (Å²) in [7, 11) is 1.36. The molecule has 0 aromatic carbocycles. The number of nitrogens with zero attached hydrogens (tertiary/aromatic N) is 2. The highest BCUT2D eigenvalue weighted by molar-refractivity contribution is 7.15. The van der Waals surface area contributed by atoms with Gasteiger partial charge in [0.25, 0.3) is 0 Å². The Bertz CT molecular complexity index is 585. The fraction of sp³-hybridized carbons (Fsp3) is 0.308. The number of pyridine rings is 1. The van der Waals surface area contributed by atoms with E-state index in [9.17, 15) is 4.79 Å². The number of aryl methyl sites for hydroxylation is 3. The van der Waals surface area contributed by atoms with Gasteiger partial charge in [0, 0.05) is 21.8 Å². The highest BCUT2D eigenvalue weighted by Crippen LogP contribution is 2.28. The second-order valence-electron chi connectivity index (χ2n) is 4.05. The van der Waals surface area contributed by atoms with Gasteiger partial charge in [-0.25, -0.2) is 9.78 Å². The Labute approximate surface area is 110 Å². The number of hydrogen-bond acceptors (Lipinski definition) is 5. The number of rotatable bonds is 2. The van der Waals surface area contributed by atoms with Gasteiger partial charge in [0.1, 0.15) is 5.01 Å². The second kappa shape index (κ2) is 4.86. The molecule has 0 saturated heterocycles. The zero-order chi connectivity index (χ0) is 13.3. The van der Waals surface area contributed by atoms with Crippen LogP contribution in [0, 0.1) is 20.8 Å². The second-order valence-corrected chi connectivity index (χ2v) is 5.26. The van der Waals surface area contributed by atoms with Crippen molar-refractivity contribution >= 4 is 17.3 Å². The number of carbonyl (C=O) groups excluding carboxylic acids is 1. The van der Waals surface area contributed by atoms with Gasteiger partial charge in [-0.05, 0) is 32.9 Å². The lowest BCUT2D eigenvalue weighted by molar-refractivity contribution is 0.0594. The number of thiazole rings is 1. The lowest BCUT2D eigenvalue weighted by Crippen LogP contribution is -2.03. The van der Waals surface area contributed by atoms with E-state index in [1.165, 1.54) is 18.4 Å². The number of aromatic nitrogens is 2. The number of esters is 1. The van der Waals surface area contributed by atoms with Crippen molar-refractivity contribution in [3.8, 4) is 10.6 Å². The van der Waals surface area contributed by atoms with Gasteiger partial charge < -0.3 is 4.74 Å². The van der Waals surface area contributed by atoms with E-state index >= 15 is 0 Å². The largest absolute Gasteiger partial charge is 0.464 e. The lowest BCUT2D eigenvalue weighted by atomic mass is 10.2. The number of carbonyl (C=O) groups is 1. The predicted molar refractivity (Wildman–Crippen MR) is 70.9 cm³/mol. The van der Waals surface area contributed by atoms with Crippen LogP contribution < -0.4 is 0 Å². The Morgan fingerprint density at radius 2 is 1.78 bits per heavy atom. The quantitative estimate of drug-likeness (QED) is 0.781. The summed E-state index contributed by atoms with van der Waals surface area (Å²) in [6.45, 7) is 5.75. The molecule has 0 N–H and O–H groups in total. The lowest BCUT2D eigenvalue weighted by Gasteiger charge is -2.00. The third-order valence-electron chi connectivity index (χ3n) is 2.50. The van der Waals surface area contributed by atoms with E-state index in [0.29, 0.717) is 5.69 Å². The summed E-state index contributed by atoms with van der Waals surface area (Å²) in [5, 5.41) is 0.821. The fourth-order valence-corrected chi connectivity index (χ4v) is 2.65. The summed E-state index contributed by atoms with van der Waals surface area (Å²) >= 11 is 1.49. The van der Waals surface area contributed by atoms with Gasteiger partial charge >= 0.3 is 5.97 Å². The molecule has 0 radical (unpaired) electrons. The Kier molecular flexibility index (Phi) is 3.43. The summed E-state index contributed by atoms with van der Waals surface area (Å²) in [4.78, 5) is 21.1. The number of hydrogen-bond donors (Lipinski definition) is 0. The van der Waals surface area contributed by atoms with Crippen molar-refractivity contribution in [2.45, 2.75) is 20.8 Å². The van der Waals surface area contributed by atoms with Crippen molar-refractivity contribution in [2.24, 2.45) is 0 Å². The van der Waals surface area contributed by atoms with Crippen molar-refractivity contribution in [3.63, 3.8) is 0 Å². The van der Waals surface area contributed by atoms with Gasteiger partial charge in [-0.1, -0.05) is 0 Å². The van der Waals surface area contributed by atoms with Gasteiger partial charge in [-0.15, -0.1) is 11.3 Å². The van der Waals surface area contributed by atoms with Crippen molar-refractivity contribution in [2.75, 3.05) is 7.11 Å². The first-order valence-corrected chi connectivity index (χ1v) is 6.34. The van der Waals surface area contributed by atoms with Gasteiger partial charge in [-0.2, -0.15) is 0 Å². The van der Waals surface area contributed by atoms with Crippen molar-refractivity contribution in [3.05, 3.63) is 34.1 Å². The first-order valence-electron chi connectivity index (χ1n) is 5.52. The molecule has 0 aliphatic heterocycles. The van der Waals surface area contributed by atoms with Crippen LogP contribution in [0.15, 0.2) is 12.1 Å². The van der Waals surface area contributed by atoms with E-state index < -0.39 is 5.97 Å². The highest BCUT2D eigenvalue weighted by atomic mass is 32.1. The maximum Gasteiger partial charge on any atom is 0.357 e. The fourth-order valence-electron chi connectivity index (χ4n) is 1.76. The summed E-state index contributed by atoms with van der Waals surface area (Å²) in [6.07, 6.45) is 0. The third kappa shape index (κ3) is 2.41. The minimum Gasteiger partial charge on any atom is -0.464 e. The van der Waals surface area contributed by atoms with Crippen LogP contribution in [0.3, 0.4) is 0 Å². The van der Waals surface area contributed by atoms with Gasteiger partial charge in [0.2, 0.25) is 0 Å². The summed E-state index contributed by atoms with van der Waals surface area (Å²) in [5.41, 5.74) is 3.27. The highest BCUT2D eigenvalue weighted by Gasteiger charge is 2.16. The molecule has 2 aromatic rings. The topological polar surface area (TPSA) is 52.1 Å². The van der Waals surface area contributed by atoms with Crippen molar-refractivity contribution in [1.82, 2.24) is 9.97 Å². The van der Waals surface area contributed by atoms with Crippen LogP contribution in [-0.4, -0.2) is 23.0 Å². The van der Waals surface area contributed by atoms with Crippen LogP contribution in [0.1, 0.15) is 26.8 Å². The Morgan fingerprint density at radius 3 is 2.33 bits per heavy atom. The number of methoxy groups -OCH3 is 1. The minimum atomic E-state index is -0.391. The standard InChI is InChI=1S/C13H14N2O2S/c1-7-5-10(6-8(2)14-7)12-15-11(9(3)18-12)13(16)17-4/h5-6H,1-4H3. The predicted octanol–water partition coefficient (Wildman–Crippen LogP) is 2.92. The van der Waals surface area contributed by atoms with E-state index in [1.54, 1.807) is 0 Å². The average molecular weight is 262 g/mol. The SMILES string of the molecule is COC(=O)c1nc(-c2cc(C)nc(C)c2)sc1C. The minimum absolute atomic E-state index is 0.391. The van der Waals surface area contributed by atoms with Crippen LogP contribution >= 0.6 is 11.3 Å². The summed E-state index contributed by atoms with van der Waals surface area (Å²) in [5.74, 6) is -0.391. The smallest absolute Gasteiger partial charge is 0.357 e. The number of ether oxygens (including phenoxy) is 1. The molecule has 2 aromatic heterocycles. The molecule has 18 heavy (non-hydrogen) atoms. The zero-order valence-electron chi connectivity index (χ0n) is 10.8. The van der Waals surface area contributed by atoms with Crippen LogP contribution in [0.2, 0.25) is 0 Å². The van der Waals surface area contributed by atoms with E-state index in [0.717, 1.165) is 26.8 Å². The van der Waals surface area contributed by atoms with Crippen LogP contribution in [-0.2, 0) is 4.74 Å². The molecule has 0 amide bonds. The third-order valence-corrected chi connectivity index (χ3v) is 3.52. The monoisotopic (exact) mass is 262 g/mol. The Morgan fingerprint density at radius 1 is 1.17 bits per heavy atom. The van der Waals surface area contributed by atoms with E-state index in [1.807, 2.05) is 32.9 Å². The summed E-state index contributed by atoms with van der Waals surface area (Å²) < 4.78 is 4.71. The molecule has 0 bridgehead atoms. The van der Waals surface area contributed by atoms with E-state index in [4.69, 9.17) is 4.74 Å². The molecule has 2 rings (SSSR count). The maximum atomic E-state index is 11.5. The van der Waals surface area contributed by atoms with Crippen LogP contribution in [0.4, 0.5) is 0 Å². The molecule has 0 unspecified atom stereocenters. The van der Waals surface area contributed by atoms with Crippen molar-refractivity contribution in [1.29, 1.82) is 0 Å². The molecule has 0 aliphatic rings. The molecule has 0 spiro atoms. The van der Waals surface area contributed by atoms with E-state index in [2.05, 4.69) is 9.97 Å². The molecule has 5 heteroatoms. The molecule has 2 heterocycles. The molecular formula is C13H14N2O2S. The first-order chi connectivity index (χ1) is 8.51. The zero-order valence-corrected chi connectivity index (χ0v) is 11.6. The molecule has 0 fully saturated rings. The van der Waals surface area contributed by atoms with Crippen molar-refractivity contribution < 1.29 is 9.53 Å². The average Bonchev–Trinajstić information content (AvgIpc) is 2.69. The Balaban J connectivity index is 2.48. The van der Waals surface area contributed by atoms with Crippen LogP contribution in [0.5, 0.6) is 0 Å². The van der Waals surface area contributed by atoms with E-state index in [-0.39, 0.29) is 0 Å². The Hall–Kier alpha value is -1.75. The summed E-state index contributed by atoms with van der Waals surface area (Å²) in [6, 6.07) is 3.93. The van der Waals surface area contributed by atoms with Gasteiger partial charge in [-0.3, -0.25) is 4.98 Å². The first kappa shape index (κ1) is 12.7. The maximum absolute atomic E-state index is 11.5. The normalized spacial score (nSPS) is 10.4. The van der Waals surface area contributed by atoms with Crippen LogP contribution in [0.25, 0.3) is 10.6 Å². The molecule has 0 aliphatic carbocycles.